The molecule has 0 spiro atoms. The lowest BCUT2D eigenvalue weighted by molar-refractivity contribution is 0.566. The molecule has 5 heteroatoms. The van der Waals surface area contributed by atoms with Gasteiger partial charge in [0.05, 0.1) is 0 Å². The molecule has 0 aliphatic heterocycles. The largest absolute Gasteiger partial charge is 0.302 e. The van der Waals surface area contributed by atoms with Crippen LogP contribution in [0.1, 0.15) is 0 Å². The summed E-state index contributed by atoms with van der Waals surface area (Å²) in [6.07, 6.45) is 2.53. The monoisotopic (exact) mass is 268 g/mol. The molecule has 0 amide bonds. The maximum atomic E-state index is 9.23. The zero-order valence-corrected chi connectivity index (χ0v) is 11.6. The summed E-state index contributed by atoms with van der Waals surface area (Å²) in [5.41, 5.74) is 2.55. The summed E-state index contributed by atoms with van der Waals surface area (Å²) >= 11 is 0. The van der Waals surface area contributed by atoms with E-state index in [-0.39, 0.29) is 0 Å². The normalized spacial score (nSPS) is 8.84. The van der Waals surface area contributed by atoms with Gasteiger partial charge in [-0.15, -0.1) is 0 Å². The van der Waals surface area contributed by atoms with Crippen LogP contribution in [0.5, 0.6) is 0 Å². The molecule has 0 radical (unpaired) electrons. The van der Waals surface area contributed by atoms with E-state index in [2.05, 4.69) is 57.8 Å². The molecular weight excluding hydrogens is 256 g/mol. The fourth-order valence-electron chi connectivity index (χ4n) is 1.35. The quantitative estimate of drug-likeness (QED) is 0.485. The molecule has 0 atom stereocenters. The molecule has 0 fully saturated rings. The SMILES string of the molecule is O=C=N[SiH2]N=C=O.c1ccc(-c2ccccc2)cc1. The van der Waals surface area contributed by atoms with E-state index in [4.69, 9.17) is 0 Å². The van der Waals surface area contributed by atoms with E-state index in [0.717, 1.165) is 0 Å². The lowest BCUT2D eigenvalue weighted by Crippen LogP contribution is -1.73. The maximum absolute atomic E-state index is 9.23. The van der Waals surface area contributed by atoms with E-state index in [1.165, 1.54) is 23.3 Å². The van der Waals surface area contributed by atoms with E-state index >= 15 is 0 Å². The first-order valence-electron chi connectivity index (χ1n) is 5.56. The lowest BCUT2D eigenvalue weighted by atomic mass is 10.1. The van der Waals surface area contributed by atoms with Crippen molar-refractivity contribution in [3.05, 3.63) is 60.7 Å². The van der Waals surface area contributed by atoms with Crippen molar-refractivity contribution in [1.82, 2.24) is 0 Å². The van der Waals surface area contributed by atoms with Gasteiger partial charge in [-0.3, -0.25) is 0 Å². The molecule has 2 rings (SSSR count). The Morgan fingerprint density at radius 2 is 1.05 bits per heavy atom. The Kier molecular flexibility index (Phi) is 7.20. The van der Waals surface area contributed by atoms with Gasteiger partial charge in [0, 0.05) is 0 Å². The summed E-state index contributed by atoms with van der Waals surface area (Å²) in [6, 6.07) is 20.8. The maximum Gasteiger partial charge on any atom is 0.302 e. The van der Waals surface area contributed by atoms with Crippen LogP contribution in [0.2, 0.25) is 0 Å². The van der Waals surface area contributed by atoms with Gasteiger partial charge in [0.15, 0.2) is 0 Å². The number of isocyanates is 2. The second-order valence-electron chi connectivity index (χ2n) is 3.37. The van der Waals surface area contributed by atoms with E-state index in [9.17, 15) is 9.59 Å². The van der Waals surface area contributed by atoms with Gasteiger partial charge in [0.25, 0.3) is 0 Å². The van der Waals surface area contributed by atoms with E-state index in [0.29, 0.717) is 0 Å². The standard InChI is InChI=1S/C12H10.C2H2N2O2Si/c1-3-7-11(8-4-1)12-9-5-2-6-10-12;5-1-3-7-4-2-6/h1-10H;7H2. The summed E-state index contributed by atoms with van der Waals surface area (Å²) in [6.45, 7) is 0. The Morgan fingerprint density at radius 3 is 1.37 bits per heavy atom. The lowest BCUT2D eigenvalue weighted by Gasteiger charge is -1.98. The first kappa shape index (κ1) is 14.5. The smallest absolute Gasteiger partial charge is 0.226 e. The van der Waals surface area contributed by atoms with Crippen LogP contribution >= 0.6 is 0 Å². The highest BCUT2D eigenvalue weighted by Crippen LogP contribution is 2.17. The van der Waals surface area contributed by atoms with Crippen LogP contribution in [0.15, 0.2) is 70.0 Å². The van der Waals surface area contributed by atoms with Crippen molar-refractivity contribution in [3.63, 3.8) is 0 Å². The minimum absolute atomic E-state index is 1.19. The van der Waals surface area contributed by atoms with Crippen molar-refractivity contribution in [3.8, 4) is 11.1 Å². The second-order valence-corrected chi connectivity index (χ2v) is 4.29. The highest BCUT2D eigenvalue weighted by atomic mass is 28.2. The number of hydrogen-bond donors (Lipinski definition) is 0. The van der Waals surface area contributed by atoms with E-state index in [1.807, 2.05) is 12.1 Å². The molecule has 94 valence electrons. The van der Waals surface area contributed by atoms with Gasteiger partial charge in [-0.1, -0.05) is 60.7 Å². The number of nitrogens with zero attached hydrogens (tertiary/aromatic N) is 2. The van der Waals surface area contributed by atoms with Crippen LogP contribution in [-0.2, 0) is 9.59 Å². The minimum Gasteiger partial charge on any atom is -0.226 e. The number of rotatable bonds is 3. The third-order valence-electron chi connectivity index (χ3n) is 2.15. The summed E-state index contributed by atoms with van der Waals surface area (Å²) in [5, 5.41) is 0. The zero-order chi connectivity index (χ0) is 13.8. The van der Waals surface area contributed by atoms with Gasteiger partial charge < -0.3 is 0 Å². The average molecular weight is 268 g/mol. The van der Waals surface area contributed by atoms with E-state index < -0.39 is 9.84 Å². The Balaban J connectivity index is 0.000000224. The molecule has 0 unspecified atom stereocenters. The van der Waals surface area contributed by atoms with Crippen LogP contribution in [0.3, 0.4) is 0 Å². The topological polar surface area (TPSA) is 58.9 Å². The number of carbonyl (C=O) groups excluding carboxylic acids is 2. The fourth-order valence-corrected chi connectivity index (χ4v) is 1.54. The molecule has 0 bridgehead atoms. The molecule has 0 aliphatic rings. The van der Waals surface area contributed by atoms with E-state index in [1.54, 1.807) is 0 Å². The second kappa shape index (κ2) is 9.45. The summed E-state index contributed by atoms with van der Waals surface area (Å²) < 4.78 is 6.13. The van der Waals surface area contributed by atoms with Crippen LogP contribution in [0.4, 0.5) is 0 Å². The van der Waals surface area contributed by atoms with Crippen molar-refractivity contribution < 1.29 is 9.59 Å². The van der Waals surface area contributed by atoms with Gasteiger partial charge in [-0.2, -0.15) is 0 Å². The molecule has 0 saturated heterocycles. The molecular formula is C14H12N2O2Si. The average Bonchev–Trinajstić information content (AvgIpc) is 2.50. The summed E-state index contributed by atoms with van der Waals surface area (Å²) in [4.78, 5) is 18.5. The molecule has 0 aromatic heterocycles. The minimum atomic E-state index is -1.19. The van der Waals surface area contributed by atoms with Crippen LogP contribution < -0.4 is 0 Å². The van der Waals surface area contributed by atoms with Gasteiger partial charge in [-0.25, -0.2) is 18.9 Å². The molecule has 2 aromatic carbocycles. The first-order valence-corrected chi connectivity index (χ1v) is 6.82. The van der Waals surface area contributed by atoms with Crippen molar-refractivity contribution in [2.24, 2.45) is 9.32 Å². The molecule has 19 heavy (non-hydrogen) atoms. The Hall–Kier alpha value is -2.58. The van der Waals surface area contributed by atoms with Crippen molar-refractivity contribution in [2.45, 2.75) is 0 Å². The van der Waals surface area contributed by atoms with Crippen molar-refractivity contribution >= 4 is 22.0 Å². The Labute approximate surface area is 113 Å². The number of benzene rings is 2. The predicted octanol–water partition coefficient (Wildman–Crippen LogP) is 2.01. The van der Waals surface area contributed by atoms with Crippen molar-refractivity contribution in [1.29, 1.82) is 0 Å². The van der Waals surface area contributed by atoms with Gasteiger partial charge in [-0.05, 0) is 11.1 Å². The number of hydrogen-bond acceptors (Lipinski definition) is 4. The van der Waals surface area contributed by atoms with Crippen LogP contribution in [0, 0.1) is 0 Å². The third kappa shape index (κ3) is 6.05. The Morgan fingerprint density at radius 1 is 0.684 bits per heavy atom. The highest BCUT2D eigenvalue weighted by molar-refractivity contribution is 6.33. The molecule has 0 N–H and O–H groups in total. The molecule has 0 heterocycles. The van der Waals surface area contributed by atoms with Gasteiger partial charge in [0.2, 0.25) is 12.2 Å². The highest BCUT2D eigenvalue weighted by Gasteiger charge is 1.91. The predicted molar refractivity (Wildman–Crippen MR) is 76.7 cm³/mol. The Bertz CT molecular complexity index is 521. The molecule has 4 nitrogen and oxygen atoms in total. The van der Waals surface area contributed by atoms with Gasteiger partial charge >= 0.3 is 9.84 Å². The molecule has 0 saturated carbocycles. The molecule has 2 aromatic rings. The van der Waals surface area contributed by atoms with Crippen molar-refractivity contribution in [2.75, 3.05) is 0 Å². The third-order valence-corrected chi connectivity index (χ3v) is 2.69. The summed E-state index contributed by atoms with van der Waals surface area (Å²) in [5.74, 6) is 0. The first-order chi connectivity index (χ1) is 9.38. The van der Waals surface area contributed by atoms with Crippen LogP contribution in [0.25, 0.3) is 11.1 Å². The van der Waals surface area contributed by atoms with Gasteiger partial charge in [0.1, 0.15) is 0 Å². The fraction of sp³-hybridized carbons (Fsp3) is 0. The van der Waals surface area contributed by atoms with Crippen LogP contribution in [-0.4, -0.2) is 22.0 Å². The summed E-state index contributed by atoms with van der Waals surface area (Å²) in [7, 11) is -1.19. The zero-order valence-electron chi connectivity index (χ0n) is 10.2. The molecule has 0 aliphatic carbocycles.